The van der Waals surface area contributed by atoms with E-state index in [0.717, 1.165) is 0 Å². The Bertz CT molecular complexity index is 370. The lowest BCUT2D eigenvalue weighted by Gasteiger charge is -2.03. The third-order valence-corrected chi connectivity index (χ3v) is 1.91. The summed E-state index contributed by atoms with van der Waals surface area (Å²) >= 11 is 8.33. The molecule has 0 saturated carbocycles. The molecule has 0 aliphatic carbocycles. The third-order valence-electron chi connectivity index (χ3n) is 1.26. The van der Waals surface area contributed by atoms with Gasteiger partial charge in [0.1, 0.15) is 5.88 Å². The van der Waals surface area contributed by atoms with Crippen molar-refractivity contribution in [2.75, 3.05) is 5.88 Å². The topological polar surface area (TPSA) is 84.0 Å². The maximum absolute atomic E-state index is 11.3. The molecule has 1 aromatic rings. The average molecular weight is 294 g/mol. The summed E-state index contributed by atoms with van der Waals surface area (Å²) in [6, 6.07) is 0. The van der Waals surface area contributed by atoms with Crippen LogP contribution in [0.4, 0.5) is 0 Å². The predicted octanol–water partition coefficient (Wildman–Crippen LogP) is 0.239. The summed E-state index contributed by atoms with van der Waals surface area (Å²) in [5.74, 6) is -1.40. The minimum absolute atomic E-state index is 0.0481. The average Bonchev–Trinajstić information content (AvgIpc) is 2.26. The molecule has 0 aromatic carbocycles. The largest absolute Gasteiger partial charge is 0.307 e. The zero-order valence-corrected chi connectivity index (χ0v) is 9.67. The van der Waals surface area contributed by atoms with E-state index in [1.54, 1.807) is 0 Å². The van der Waals surface area contributed by atoms with Crippen molar-refractivity contribution in [1.82, 2.24) is 20.8 Å². The second-order valence-corrected chi connectivity index (χ2v) is 3.54. The van der Waals surface area contributed by atoms with Crippen LogP contribution in [-0.4, -0.2) is 27.7 Å². The van der Waals surface area contributed by atoms with E-state index in [-0.39, 0.29) is 11.7 Å². The van der Waals surface area contributed by atoms with Gasteiger partial charge in [-0.3, -0.25) is 20.4 Å². The fraction of sp³-hybridized carbons (Fsp3) is 0.143. The molecule has 2 N–H and O–H groups in total. The number of alkyl halides is 1. The fourth-order valence-electron chi connectivity index (χ4n) is 0.645. The Kier molecular flexibility index (Phi) is 4.44. The number of hydrazine groups is 1. The molecule has 0 saturated heterocycles. The van der Waals surface area contributed by atoms with Gasteiger partial charge in [-0.1, -0.05) is 0 Å². The minimum Gasteiger partial charge on any atom is -0.272 e. The molecule has 0 fully saturated rings. The number of hydrogen-bond donors (Lipinski definition) is 2. The zero-order chi connectivity index (χ0) is 11.3. The summed E-state index contributed by atoms with van der Waals surface area (Å²) in [6.45, 7) is 0. The highest BCUT2D eigenvalue weighted by molar-refractivity contribution is 9.10. The minimum atomic E-state index is -0.610. The predicted molar refractivity (Wildman–Crippen MR) is 56.1 cm³/mol. The van der Waals surface area contributed by atoms with Crippen molar-refractivity contribution in [3.63, 3.8) is 0 Å². The molecule has 1 rings (SSSR count). The first-order valence-corrected chi connectivity index (χ1v) is 5.09. The normalized spacial score (nSPS) is 9.47. The van der Waals surface area contributed by atoms with Gasteiger partial charge < -0.3 is 0 Å². The number of halogens is 2. The summed E-state index contributed by atoms with van der Waals surface area (Å²) in [5, 5.41) is 0. The van der Waals surface area contributed by atoms with Crippen LogP contribution in [0.3, 0.4) is 0 Å². The van der Waals surface area contributed by atoms with Crippen molar-refractivity contribution in [2.24, 2.45) is 0 Å². The number of hydrogen-bond acceptors (Lipinski definition) is 4. The van der Waals surface area contributed by atoms with E-state index < -0.39 is 11.8 Å². The van der Waals surface area contributed by atoms with Gasteiger partial charge in [-0.15, -0.1) is 11.6 Å². The highest BCUT2D eigenvalue weighted by atomic mass is 79.9. The Morgan fingerprint density at radius 3 is 2.47 bits per heavy atom. The highest BCUT2D eigenvalue weighted by Crippen LogP contribution is 2.03. The molecule has 15 heavy (non-hydrogen) atoms. The molecule has 0 aliphatic rings. The molecule has 0 bridgehead atoms. The standard InChI is InChI=1S/C7H6BrClN4O2/c8-4-2-10-6(11-3-4)7(15)13-12-5(14)1-9/h2-3H,1H2,(H,12,14)(H,13,15). The van der Waals surface area contributed by atoms with E-state index in [1.165, 1.54) is 12.4 Å². The van der Waals surface area contributed by atoms with Crippen LogP contribution in [0, 0.1) is 0 Å². The van der Waals surface area contributed by atoms with Crippen molar-refractivity contribution < 1.29 is 9.59 Å². The van der Waals surface area contributed by atoms with Crippen LogP contribution in [0.2, 0.25) is 0 Å². The summed E-state index contributed by atoms with van der Waals surface area (Å²) in [5.41, 5.74) is 4.19. The van der Waals surface area contributed by atoms with Crippen LogP contribution >= 0.6 is 27.5 Å². The molecular formula is C7H6BrClN4O2. The first-order chi connectivity index (χ1) is 7.13. The quantitative estimate of drug-likeness (QED) is 0.604. The lowest BCUT2D eigenvalue weighted by Crippen LogP contribution is -2.42. The third kappa shape index (κ3) is 3.80. The molecule has 0 spiro atoms. The van der Waals surface area contributed by atoms with Gasteiger partial charge >= 0.3 is 5.91 Å². The monoisotopic (exact) mass is 292 g/mol. The lowest BCUT2D eigenvalue weighted by molar-refractivity contribution is -0.119. The molecular weight excluding hydrogens is 287 g/mol. The van der Waals surface area contributed by atoms with E-state index in [1.807, 2.05) is 0 Å². The van der Waals surface area contributed by atoms with Crippen LogP contribution in [0.25, 0.3) is 0 Å². The summed E-state index contributed by atoms with van der Waals surface area (Å²) in [4.78, 5) is 29.4. The van der Waals surface area contributed by atoms with E-state index >= 15 is 0 Å². The molecule has 1 aromatic heterocycles. The van der Waals surface area contributed by atoms with Crippen molar-refractivity contribution in [1.29, 1.82) is 0 Å². The Morgan fingerprint density at radius 2 is 1.93 bits per heavy atom. The van der Waals surface area contributed by atoms with Gasteiger partial charge in [-0.25, -0.2) is 9.97 Å². The van der Waals surface area contributed by atoms with E-state index in [9.17, 15) is 9.59 Å². The maximum Gasteiger partial charge on any atom is 0.307 e. The van der Waals surface area contributed by atoms with Crippen molar-refractivity contribution in [3.8, 4) is 0 Å². The highest BCUT2D eigenvalue weighted by Gasteiger charge is 2.09. The molecule has 8 heteroatoms. The molecule has 2 amide bonds. The second kappa shape index (κ2) is 5.62. The van der Waals surface area contributed by atoms with Crippen LogP contribution in [-0.2, 0) is 4.79 Å². The first-order valence-electron chi connectivity index (χ1n) is 3.76. The van der Waals surface area contributed by atoms with Gasteiger partial charge in [-0.05, 0) is 15.9 Å². The number of rotatable bonds is 2. The Balaban J connectivity index is 2.54. The molecule has 0 aliphatic heterocycles. The number of carbonyl (C=O) groups is 2. The Labute approximate surface area is 98.5 Å². The second-order valence-electron chi connectivity index (χ2n) is 2.36. The Morgan fingerprint density at radius 1 is 1.33 bits per heavy atom. The van der Waals surface area contributed by atoms with Gasteiger partial charge in [0.2, 0.25) is 5.82 Å². The SMILES string of the molecule is O=C(CCl)NNC(=O)c1ncc(Br)cn1. The molecule has 6 nitrogen and oxygen atoms in total. The fourth-order valence-corrected chi connectivity index (χ4v) is 0.917. The first kappa shape index (κ1) is 11.9. The molecule has 0 atom stereocenters. The number of nitrogens with one attached hydrogen (secondary N) is 2. The van der Waals surface area contributed by atoms with Crippen LogP contribution in [0.1, 0.15) is 10.6 Å². The van der Waals surface area contributed by atoms with Crippen LogP contribution in [0.15, 0.2) is 16.9 Å². The smallest absolute Gasteiger partial charge is 0.272 e. The van der Waals surface area contributed by atoms with Gasteiger partial charge in [-0.2, -0.15) is 0 Å². The number of aromatic nitrogens is 2. The molecule has 0 radical (unpaired) electrons. The van der Waals surface area contributed by atoms with Crippen molar-refractivity contribution in [2.45, 2.75) is 0 Å². The summed E-state index contributed by atoms with van der Waals surface area (Å²) < 4.78 is 0.656. The number of amides is 2. The zero-order valence-electron chi connectivity index (χ0n) is 7.33. The number of carbonyl (C=O) groups excluding carboxylic acids is 2. The van der Waals surface area contributed by atoms with E-state index in [0.29, 0.717) is 4.47 Å². The summed E-state index contributed by atoms with van der Waals surface area (Å²) in [6.07, 6.45) is 2.84. The summed E-state index contributed by atoms with van der Waals surface area (Å²) in [7, 11) is 0. The molecule has 80 valence electrons. The van der Waals surface area contributed by atoms with E-state index in [2.05, 4.69) is 36.7 Å². The van der Waals surface area contributed by atoms with Gasteiger partial charge in [0, 0.05) is 12.4 Å². The van der Waals surface area contributed by atoms with E-state index in [4.69, 9.17) is 11.6 Å². The van der Waals surface area contributed by atoms with Gasteiger partial charge in [0.05, 0.1) is 4.47 Å². The van der Waals surface area contributed by atoms with Crippen LogP contribution < -0.4 is 10.9 Å². The van der Waals surface area contributed by atoms with Gasteiger partial charge in [0.15, 0.2) is 0 Å². The lowest BCUT2D eigenvalue weighted by atomic mass is 10.5. The molecule has 1 heterocycles. The molecule has 0 unspecified atom stereocenters. The van der Waals surface area contributed by atoms with Crippen LogP contribution in [0.5, 0.6) is 0 Å². The van der Waals surface area contributed by atoms with Crippen molar-refractivity contribution in [3.05, 3.63) is 22.7 Å². The van der Waals surface area contributed by atoms with Crippen molar-refractivity contribution >= 4 is 39.3 Å². The van der Waals surface area contributed by atoms with Gasteiger partial charge in [0.25, 0.3) is 5.91 Å². The number of nitrogens with zero attached hydrogens (tertiary/aromatic N) is 2. The Hall–Kier alpha value is -1.21. The maximum atomic E-state index is 11.3.